The van der Waals surface area contributed by atoms with E-state index in [1.54, 1.807) is 0 Å². The van der Waals surface area contributed by atoms with Gasteiger partial charge < -0.3 is 10.1 Å². The fourth-order valence-electron chi connectivity index (χ4n) is 1.19. The van der Waals surface area contributed by atoms with Crippen LogP contribution in [-0.4, -0.2) is 23.9 Å². The third-order valence-electron chi connectivity index (χ3n) is 1.97. The predicted molar refractivity (Wildman–Crippen MR) is 80.5 cm³/mol. The van der Waals surface area contributed by atoms with Gasteiger partial charge in [0.05, 0.1) is 6.61 Å². The van der Waals surface area contributed by atoms with Crippen molar-refractivity contribution in [2.75, 3.05) is 12.4 Å². The molecular weight excluding hydrogens is 281 g/mol. The first-order valence-electron chi connectivity index (χ1n) is 5.59. The lowest BCUT2D eigenvalue weighted by molar-refractivity contribution is 0.181. The standard InChI is InChI=1S/C11H21NO2S.2ClH/c1-2-14-11(13)15-10-8-6-4-3-5-7-9-12;;/h9,12H,2-8,10H2,1H3;2*1H. The summed E-state index contributed by atoms with van der Waals surface area (Å²) in [7, 11) is 0. The fraction of sp³-hybridized carbons (Fsp3) is 0.818. The molecular formula is C11H23Cl2NO2S. The van der Waals surface area contributed by atoms with E-state index < -0.39 is 0 Å². The molecule has 0 unspecified atom stereocenters. The summed E-state index contributed by atoms with van der Waals surface area (Å²) in [4.78, 5) is 10.9. The Morgan fingerprint density at radius 3 is 2.35 bits per heavy atom. The van der Waals surface area contributed by atoms with Gasteiger partial charge in [-0.1, -0.05) is 19.3 Å². The number of unbranched alkanes of at least 4 members (excludes halogenated alkanes) is 5. The molecule has 0 aliphatic rings. The highest BCUT2D eigenvalue weighted by atomic mass is 35.5. The van der Waals surface area contributed by atoms with Crippen molar-refractivity contribution in [3.63, 3.8) is 0 Å². The van der Waals surface area contributed by atoms with Gasteiger partial charge in [-0.25, -0.2) is 4.79 Å². The molecule has 0 aromatic carbocycles. The summed E-state index contributed by atoms with van der Waals surface area (Å²) < 4.78 is 4.80. The van der Waals surface area contributed by atoms with Crippen LogP contribution in [0, 0.1) is 5.41 Å². The first-order chi connectivity index (χ1) is 7.31. The third kappa shape index (κ3) is 18.6. The zero-order chi connectivity index (χ0) is 11.4. The van der Waals surface area contributed by atoms with Crippen LogP contribution in [0.15, 0.2) is 0 Å². The molecule has 0 heterocycles. The number of ether oxygens (including phenoxy) is 1. The fourth-order valence-corrected chi connectivity index (χ4v) is 1.91. The maximum absolute atomic E-state index is 10.9. The van der Waals surface area contributed by atoms with Crippen LogP contribution in [0.3, 0.4) is 0 Å². The summed E-state index contributed by atoms with van der Waals surface area (Å²) in [6, 6.07) is 0. The highest BCUT2D eigenvalue weighted by molar-refractivity contribution is 8.13. The first-order valence-corrected chi connectivity index (χ1v) is 6.58. The van der Waals surface area contributed by atoms with E-state index >= 15 is 0 Å². The summed E-state index contributed by atoms with van der Waals surface area (Å²) in [5.41, 5.74) is 0. The molecule has 0 spiro atoms. The molecule has 0 aromatic heterocycles. The van der Waals surface area contributed by atoms with Crippen LogP contribution in [0.4, 0.5) is 4.79 Å². The van der Waals surface area contributed by atoms with Gasteiger partial charge >= 0.3 is 5.30 Å². The Morgan fingerprint density at radius 1 is 1.18 bits per heavy atom. The Balaban J connectivity index is -0.000000980. The first kappa shape index (κ1) is 22.3. The van der Waals surface area contributed by atoms with Crippen LogP contribution in [-0.2, 0) is 4.74 Å². The highest BCUT2D eigenvalue weighted by Crippen LogP contribution is 2.11. The molecule has 0 fully saturated rings. The Labute approximate surface area is 121 Å². The van der Waals surface area contributed by atoms with Crippen molar-refractivity contribution in [3.05, 3.63) is 0 Å². The van der Waals surface area contributed by atoms with Gasteiger partial charge in [-0.2, -0.15) is 0 Å². The minimum Gasteiger partial charge on any atom is -0.458 e. The quantitative estimate of drug-likeness (QED) is 0.381. The van der Waals surface area contributed by atoms with E-state index in [-0.39, 0.29) is 30.1 Å². The van der Waals surface area contributed by atoms with Crippen LogP contribution < -0.4 is 0 Å². The topological polar surface area (TPSA) is 50.2 Å². The SMILES string of the molecule is CCOC(=O)SCCCCCCCC=N.Cl.Cl. The number of carbonyl (C=O) groups is 1. The van der Waals surface area contributed by atoms with Crippen molar-refractivity contribution in [2.24, 2.45) is 0 Å². The average Bonchev–Trinajstić information content (AvgIpc) is 2.22. The molecule has 0 saturated heterocycles. The second kappa shape index (κ2) is 18.4. The highest BCUT2D eigenvalue weighted by Gasteiger charge is 2.00. The Hall–Kier alpha value is 0.0700. The number of hydrogen-bond donors (Lipinski definition) is 1. The van der Waals surface area contributed by atoms with Gasteiger partial charge in [0.15, 0.2) is 0 Å². The maximum Gasteiger partial charge on any atom is 0.367 e. The zero-order valence-corrected chi connectivity index (χ0v) is 12.7. The number of carbonyl (C=O) groups excluding carboxylic acids is 1. The van der Waals surface area contributed by atoms with Crippen LogP contribution in [0.2, 0.25) is 0 Å². The zero-order valence-electron chi connectivity index (χ0n) is 10.3. The number of thioether (sulfide) groups is 1. The molecule has 0 rings (SSSR count). The molecule has 0 aromatic rings. The van der Waals surface area contributed by atoms with Crippen molar-refractivity contribution in [2.45, 2.75) is 45.4 Å². The molecule has 0 saturated carbocycles. The van der Waals surface area contributed by atoms with E-state index in [2.05, 4.69) is 0 Å². The maximum atomic E-state index is 10.9. The van der Waals surface area contributed by atoms with E-state index in [1.807, 2.05) is 6.92 Å². The molecule has 0 bridgehead atoms. The van der Waals surface area contributed by atoms with Gasteiger partial charge in [0.1, 0.15) is 0 Å². The average molecular weight is 304 g/mol. The molecule has 0 amide bonds. The van der Waals surface area contributed by atoms with Gasteiger partial charge in [-0.05, 0) is 44.2 Å². The second-order valence-electron chi connectivity index (χ2n) is 3.29. The number of nitrogens with one attached hydrogen (secondary N) is 1. The van der Waals surface area contributed by atoms with Gasteiger partial charge in [-0.3, -0.25) is 0 Å². The van der Waals surface area contributed by atoms with Gasteiger partial charge in [0.2, 0.25) is 0 Å². The smallest absolute Gasteiger partial charge is 0.367 e. The van der Waals surface area contributed by atoms with Crippen molar-refractivity contribution in [1.29, 1.82) is 5.41 Å². The molecule has 1 N–H and O–H groups in total. The molecule has 0 aliphatic carbocycles. The minimum absolute atomic E-state index is 0. The lowest BCUT2D eigenvalue weighted by Crippen LogP contribution is -1.97. The number of rotatable bonds is 9. The Morgan fingerprint density at radius 2 is 1.76 bits per heavy atom. The third-order valence-corrected chi connectivity index (χ3v) is 2.82. The van der Waals surface area contributed by atoms with Crippen molar-refractivity contribution >= 4 is 48.1 Å². The largest absolute Gasteiger partial charge is 0.458 e. The van der Waals surface area contributed by atoms with E-state index in [0.29, 0.717) is 6.61 Å². The van der Waals surface area contributed by atoms with Crippen molar-refractivity contribution in [1.82, 2.24) is 0 Å². The molecule has 6 heteroatoms. The Kier molecular flexibility index (Phi) is 24.1. The predicted octanol–water partition coefficient (Wildman–Crippen LogP) is 4.71. The lowest BCUT2D eigenvalue weighted by Gasteiger charge is -2.01. The lowest BCUT2D eigenvalue weighted by atomic mass is 10.1. The van der Waals surface area contributed by atoms with Gasteiger partial charge in [0, 0.05) is 5.75 Å². The van der Waals surface area contributed by atoms with E-state index in [4.69, 9.17) is 10.1 Å². The number of halogens is 2. The summed E-state index contributed by atoms with van der Waals surface area (Å²) in [5, 5.41) is 6.70. The summed E-state index contributed by atoms with van der Waals surface area (Å²) >= 11 is 1.27. The van der Waals surface area contributed by atoms with Crippen LogP contribution >= 0.6 is 36.6 Å². The monoisotopic (exact) mass is 303 g/mol. The summed E-state index contributed by atoms with van der Waals surface area (Å²) in [6.45, 7) is 2.29. The van der Waals surface area contributed by atoms with E-state index in [1.165, 1.54) is 37.2 Å². The number of hydrogen-bond acceptors (Lipinski definition) is 4. The van der Waals surface area contributed by atoms with Gasteiger partial charge in [0.25, 0.3) is 0 Å². The molecule has 104 valence electrons. The van der Waals surface area contributed by atoms with Crippen LogP contribution in [0.1, 0.15) is 45.4 Å². The molecule has 17 heavy (non-hydrogen) atoms. The van der Waals surface area contributed by atoms with Crippen LogP contribution in [0.25, 0.3) is 0 Å². The summed E-state index contributed by atoms with van der Waals surface area (Å²) in [6.07, 6.45) is 8.14. The molecule has 0 aliphatic heterocycles. The van der Waals surface area contributed by atoms with Crippen molar-refractivity contribution < 1.29 is 9.53 Å². The normalized spacial score (nSPS) is 8.76. The molecule has 0 atom stereocenters. The summed E-state index contributed by atoms with van der Waals surface area (Å²) in [5.74, 6) is 0.864. The van der Waals surface area contributed by atoms with Crippen molar-refractivity contribution in [3.8, 4) is 0 Å². The van der Waals surface area contributed by atoms with Gasteiger partial charge in [-0.15, -0.1) is 24.8 Å². The molecule has 0 radical (unpaired) electrons. The molecule has 3 nitrogen and oxygen atoms in total. The van der Waals surface area contributed by atoms with E-state index in [9.17, 15) is 4.79 Å². The second-order valence-corrected chi connectivity index (χ2v) is 4.32. The Bertz CT molecular complexity index is 183. The minimum atomic E-state index is -0.152. The van der Waals surface area contributed by atoms with Crippen LogP contribution in [0.5, 0.6) is 0 Å². The van der Waals surface area contributed by atoms with E-state index in [0.717, 1.165) is 25.0 Å².